The highest BCUT2D eigenvalue weighted by atomic mass is 16.5. The van der Waals surface area contributed by atoms with Crippen LogP contribution in [0.25, 0.3) is 0 Å². The molecule has 1 unspecified atom stereocenters. The number of nitrogens with zero attached hydrogens (tertiary/aromatic N) is 1. The molecule has 0 spiro atoms. The van der Waals surface area contributed by atoms with Crippen molar-refractivity contribution in [2.24, 2.45) is 0 Å². The Balaban J connectivity index is 2.28. The normalized spacial score (nSPS) is 16.7. The summed E-state index contributed by atoms with van der Waals surface area (Å²) in [5.74, 6) is -1.39. The van der Waals surface area contributed by atoms with E-state index in [4.69, 9.17) is 9.84 Å². The van der Waals surface area contributed by atoms with Gasteiger partial charge in [-0.2, -0.15) is 0 Å². The van der Waals surface area contributed by atoms with Crippen LogP contribution < -0.4 is 15.0 Å². The van der Waals surface area contributed by atoms with Gasteiger partial charge in [-0.25, -0.2) is 4.79 Å². The summed E-state index contributed by atoms with van der Waals surface area (Å²) in [6.07, 6.45) is 0.0353. The maximum atomic E-state index is 12.2. The van der Waals surface area contributed by atoms with Crippen LogP contribution in [0.2, 0.25) is 0 Å². The Bertz CT molecular complexity index is 614. The van der Waals surface area contributed by atoms with Crippen LogP contribution in [-0.4, -0.2) is 42.1 Å². The molecular weight excluding hydrogens is 288 g/mol. The van der Waals surface area contributed by atoms with E-state index in [-0.39, 0.29) is 29.7 Å². The van der Waals surface area contributed by atoms with Crippen molar-refractivity contribution in [3.63, 3.8) is 0 Å². The molecule has 1 aliphatic rings. The van der Waals surface area contributed by atoms with Crippen LogP contribution in [0.1, 0.15) is 30.6 Å². The smallest absolute Gasteiger partial charge is 0.335 e. The molecule has 0 fully saturated rings. The number of benzene rings is 1. The van der Waals surface area contributed by atoms with E-state index in [1.807, 2.05) is 6.92 Å². The second-order valence-electron chi connectivity index (χ2n) is 5.02. The monoisotopic (exact) mass is 306 g/mol. The molecule has 1 heterocycles. The Morgan fingerprint density at radius 1 is 1.41 bits per heavy atom. The number of fused-ring (bicyclic) bond motifs is 1. The summed E-state index contributed by atoms with van der Waals surface area (Å²) in [4.78, 5) is 36.4. The Hall–Kier alpha value is -2.57. The predicted molar refractivity (Wildman–Crippen MR) is 79.1 cm³/mol. The molecule has 2 N–H and O–H groups in total. The summed E-state index contributed by atoms with van der Waals surface area (Å²) in [5.41, 5.74) is 0.468. The molecule has 2 amide bonds. The summed E-state index contributed by atoms with van der Waals surface area (Å²) < 4.78 is 5.44. The molecule has 118 valence electrons. The molecule has 1 aromatic rings. The van der Waals surface area contributed by atoms with Crippen LogP contribution in [0, 0.1) is 0 Å². The van der Waals surface area contributed by atoms with Gasteiger partial charge in [-0.05, 0) is 31.5 Å². The fraction of sp³-hybridized carbons (Fsp3) is 0.400. The van der Waals surface area contributed by atoms with Gasteiger partial charge in [-0.1, -0.05) is 6.92 Å². The molecule has 7 nitrogen and oxygen atoms in total. The Morgan fingerprint density at radius 2 is 2.14 bits per heavy atom. The lowest BCUT2D eigenvalue weighted by molar-refractivity contribution is -0.128. The van der Waals surface area contributed by atoms with E-state index in [1.54, 1.807) is 6.92 Å². The first-order valence-electron chi connectivity index (χ1n) is 7.06. The van der Waals surface area contributed by atoms with Crippen molar-refractivity contribution in [1.29, 1.82) is 0 Å². The highest BCUT2D eigenvalue weighted by Gasteiger charge is 2.33. The first kappa shape index (κ1) is 15.8. The third kappa shape index (κ3) is 3.19. The summed E-state index contributed by atoms with van der Waals surface area (Å²) in [6.45, 7) is 3.92. The molecule has 7 heteroatoms. The first-order chi connectivity index (χ1) is 10.4. The number of ether oxygens (including phenoxy) is 1. The number of hydrogen-bond donors (Lipinski definition) is 2. The minimum Gasteiger partial charge on any atom is -0.479 e. The van der Waals surface area contributed by atoms with E-state index in [1.165, 1.54) is 23.1 Å². The van der Waals surface area contributed by atoms with Gasteiger partial charge in [0.1, 0.15) is 12.3 Å². The van der Waals surface area contributed by atoms with E-state index in [2.05, 4.69) is 5.32 Å². The summed E-state index contributed by atoms with van der Waals surface area (Å²) in [5, 5.41) is 11.7. The number of carboxylic acid groups (broad SMARTS) is 1. The summed E-state index contributed by atoms with van der Waals surface area (Å²) >= 11 is 0. The second kappa shape index (κ2) is 6.46. The van der Waals surface area contributed by atoms with Gasteiger partial charge in [0.15, 0.2) is 6.10 Å². The number of amides is 2. The quantitative estimate of drug-likeness (QED) is 0.847. The highest BCUT2D eigenvalue weighted by Crippen LogP contribution is 2.34. The molecule has 0 radical (unpaired) electrons. The van der Waals surface area contributed by atoms with Crippen LogP contribution in [0.4, 0.5) is 5.69 Å². The SMILES string of the molecule is CCCNC(=O)CN1C(=O)C(C)Oc2cc(C(=O)O)ccc21. The van der Waals surface area contributed by atoms with Crippen LogP contribution in [0.3, 0.4) is 0 Å². The molecular formula is C15H18N2O5. The van der Waals surface area contributed by atoms with Crippen molar-refractivity contribution in [3.8, 4) is 5.75 Å². The van der Waals surface area contributed by atoms with E-state index in [0.717, 1.165) is 6.42 Å². The highest BCUT2D eigenvalue weighted by molar-refractivity contribution is 6.04. The lowest BCUT2D eigenvalue weighted by atomic mass is 10.1. The zero-order valence-corrected chi connectivity index (χ0v) is 12.5. The first-order valence-corrected chi connectivity index (χ1v) is 7.06. The van der Waals surface area contributed by atoms with Crippen LogP contribution in [-0.2, 0) is 9.59 Å². The number of rotatable bonds is 5. The van der Waals surface area contributed by atoms with Crippen molar-refractivity contribution < 1.29 is 24.2 Å². The lowest BCUT2D eigenvalue weighted by Gasteiger charge is -2.32. The number of hydrogen-bond acceptors (Lipinski definition) is 4. The van der Waals surface area contributed by atoms with Crippen molar-refractivity contribution >= 4 is 23.5 Å². The fourth-order valence-electron chi connectivity index (χ4n) is 2.17. The van der Waals surface area contributed by atoms with Gasteiger partial charge in [0.25, 0.3) is 5.91 Å². The molecule has 0 aliphatic carbocycles. The molecule has 1 aliphatic heterocycles. The maximum absolute atomic E-state index is 12.2. The number of aromatic carboxylic acids is 1. The van der Waals surface area contributed by atoms with Gasteiger partial charge in [-0.3, -0.25) is 14.5 Å². The number of nitrogens with one attached hydrogen (secondary N) is 1. The van der Waals surface area contributed by atoms with Gasteiger partial charge in [0.2, 0.25) is 5.91 Å². The number of carbonyl (C=O) groups is 3. The topological polar surface area (TPSA) is 95.9 Å². The molecule has 0 aromatic heterocycles. The van der Waals surface area contributed by atoms with Crippen LogP contribution in [0.15, 0.2) is 18.2 Å². The zero-order chi connectivity index (χ0) is 16.3. The number of anilines is 1. The van der Waals surface area contributed by atoms with Gasteiger partial charge >= 0.3 is 5.97 Å². The molecule has 0 bridgehead atoms. The lowest BCUT2D eigenvalue weighted by Crippen LogP contribution is -2.48. The van der Waals surface area contributed by atoms with Crippen LogP contribution >= 0.6 is 0 Å². The average molecular weight is 306 g/mol. The van der Waals surface area contributed by atoms with Crippen molar-refractivity contribution in [2.75, 3.05) is 18.0 Å². The second-order valence-corrected chi connectivity index (χ2v) is 5.02. The van der Waals surface area contributed by atoms with Crippen LogP contribution in [0.5, 0.6) is 5.75 Å². The Labute approximate surface area is 127 Å². The van der Waals surface area contributed by atoms with Gasteiger partial charge < -0.3 is 15.2 Å². The Morgan fingerprint density at radius 3 is 2.77 bits per heavy atom. The summed E-state index contributed by atoms with van der Waals surface area (Å²) in [6, 6.07) is 4.22. The molecule has 0 saturated heterocycles. The molecule has 2 rings (SSSR count). The standard InChI is InChI=1S/C15H18N2O5/c1-3-6-16-13(18)8-17-11-5-4-10(15(20)21)7-12(11)22-9(2)14(17)19/h4-5,7,9H,3,6,8H2,1-2H3,(H,16,18)(H,20,21). The van der Waals surface area contributed by atoms with E-state index >= 15 is 0 Å². The Kier molecular flexibility index (Phi) is 4.65. The zero-order valence-electron chi connectivity index (χ0n) is 12.5. The predicted octanol–water partition coefficient (Wildman–Crippen LogP) is 1.02. The van der Waals surface area contributed by atoms with Crippen molar-refractivity contribution in [1.82, 2.24) is 5.32 Å². The van der Waals surface area contributed by atoms with Gasteiger partial charge in [-0.15, -0.1) is 0 Å². The van der Waals surface area contributed by atoms with E-state index < -0.39 is 12.1 Å². The van der Waals surface area contributed by atoms with Crippen molar-refractivity contribution in [2.45, 2.75) is 26.4 Å². The van der Waals surface area contributed by atoms with E-state index in [9.17, 15) is 14.4 Å². The minimum atomic E-state index is -1.08. The number of carboxylic acids is 1. The largest absolute Gasteiger partial charge is 0.479 e. The maximum Gasteiger partial charge on any atom is 0.335 e. The number of carbonyl (C=O) groups excluding carboxylic acids is 2. The third-order valence-corrected chi connectivity index (χ3v) is 3.29. The third-order valence-electron chi connectivity index (χ3n) is 3.29. The van der Waals surface area contributed by atoms with Crippen molar-refractivity contribution in [3.05, 3.63) is 23.8 Å². The minimum absolute atomic E-state index is 0.0654. The molecule has 0 saturated carbocycles. The molecule has 22 heavy (non-hydrogen) atoms. The van der Waals surface area contributed by atoms with Gasteiger partial charge in [0, 0.05) is 6.54 Å². The van der Waals surface area contributed by atoms with E-state index in [0.29, 0.717) is 12.2 Å². The molecule has 1 aromatic carbocycles. The molecule has 1 atom stereocenters. The fourth-order valence-corrected chi connectivity index (χ4v) is 2.17. The summed E-state index contributed by atoms with van der Waals surface area (Å²) in [7, 11) is 0. The average Bonchev–Trinajstić information content (AvgIpc) is 2.49. The van der Waals surface area contributed by atoms with Gasteiger partial charge in [0.05, 0.1) is 11.3 Å².